The molecule has 2 bridgehead atoms. The molecule has 4 heterocycles. The predicted octanol–water partition coefficient (Wildman–Crippen LogP) is 4.47. The van der Waals surface area contributed by atoms with Crippen LogP contribution >= 0.6 is 11.3 Å². The Morgan fingerprint density at radius 2 is 1.89 bits per heavy atom. The maximum atomic E-state index is 13.4. The summed E-state index contributed by atoms with van der Waals surface area (Å²) >= 11 is 1.47. The largest absolute Gasteiger partial charge is 0.490 e. The molecule has 5 rings (SSSR count). The molecule has 2 aliphatic rings. The number of nitrogens with zero attached hydrogens (tertiary/aromatic N) is 3. The van der Waals surface area contributed by atoms with E-state index < -0.39 is 6.10 Å². The highest BCUT2D eigenvalue weighted by Gasteiger charge is 2.39. The highest BCUT2D eigenvalue weighted by atomic mass is 32.1. The average molecular weight is 526 g/mol. The molecule has 0 aliphatic carbocycles. The van der Waals surface area contributed by atoms with Crippen LogP contribution in [-0.2, 0) is 12.8 Å². The summed E-state index contributed by atoms with van der Waals surface area (Å²) in [7, 11) is 2.23. The van der Waals surface area contributed by atoms with Crippen molar-refractivity contribution in [3.63, 3.8) is 0 Å². The van der Waals surface area contributed by atoms with E-state index in [0.717, 1.165) is 47.6 Å². The molecule has 2 unspecified atom stereocenters. The number of piperidine rings is 1. The zero-order valence-electron chi connectivity index (χ0n) is 22.1. The lowest BCUT2D eigenvalue weighted by Gasteiger charge is -2.36. The Labute approximate surface area is 222 Å². The molecule has 8 heteroatoms. The summed E-state index contributed by atoms with van der Waals surface area (Å²) in [5.74, 6) is 0.855. The Bertz CT molecular complexity index is 1270. The fraction of sp³-hybridized carbons (Fsp3) is 0.586. The molecule has 2 N–H and O–H groups in total. The molecule has 2 aliphatic heterocycles. The second kappa shape index (κ2) is 11.2. The Morgan fingerprint density at radius 1 is 1.14 bits per heavy atom. The Balaban J connectivity index is 1.41. The number of thiophene rings is 1. The molecule has 0 radical (unpaired) electrons. The summed E-state index contributed by atoms with van der Waals surface area (Å²) in [4.78, 5) is 21.6. The van der Waals surface area contributed by atoms with Crippen molar-refractivity contribution in [3.05, 3.63) is 51.4 Å². The average Bonchev–Trinajstić information content (AvgIpc) is 3.38. The number of aryl methyl sites for hydroxylation is 2. The monoisotopic (exact) mass is 525 g/mol. The van der Waals surface area contributed by atoms with Crippen molar-refractivity contribution in [2.45, 2.75) is 102 Å². The first-order valence-electron chi connectivity index (χ1n) is 13.7. The van der Waals surface area contributed by atoms with Gasteiger partial charge in [-0.2, -0.15) is 0 Å². The van der Waals surface area contributed by atoms with Crippen LogP contribution in [0.4, 0.5) is 0 Å². The highest BCUT2D eigenvalue weighted by molar-refractivity contribution is 7.18. The third-order valence-corrected chi connectivity index (χ3v) is 9.36. The number of hydrogen-bond acceptors (Lipinski definition) is 7. The van der Waals surface area contributed by atoms with Crippen LogP contribution in [0.25, 0.3) is 15.9 Å². The SMILES string of the molecule is CCC(O)CCc1cc2ncn(-c3ccc(O[C@H]4C[C@H]5CC[C@@H](C4)N5C)c(CCC(C)O)c3)c(=O)c2s1. The van der Waals surface area contributed by atoms with E-state index in [9.17, 15) is 15.0 Å². The topological polar surface area (TPSA) is 87.8 Å². The number of aliphatic hydroxyl groups is 2. The van der Waals surface area contributed by atoms with Crippen molar-refractivity contribution in [3.8, 4) is 11.4 Å². The van der Waals surface area contributed by atoms with Crippen LogP contribution in [0.2, 0.25) is 0 Å². The maximum absolute atomic E-state index is 13.4. The minimum absolute atomic E-state index is 0.0840. The third-order valence-electron chi connectivity index (χ3n) is 8.19. The van der Waals surface area contributed by atoms with Crippen molar-refractivity contribution < 1.29 is 14.9 Å². The van der Waals surface area contributed by atoms with E-state index >= 15 is 0 Å². The van der Waals surface area contributed by atoms with Crippen LogP contribution in [0.5, 0.6) is 5.75 Å². The Hall–Kier alpha value is -2.26. The first-order valence-corrected chi connectivity index (χ1v) is 14.5. The van der Waals surface area contributed by atoms with Crippen LogP contribution in [0.15, 0.2) is 35.4 Å². The second-order valence-electron chi connectivity index (χ2n) is 10.9. The molecule has 37 heavy (non-hydrogen) atoms. The lowest BCUT2D eigenvalue weighted by Crippen LogP contribution is -2.43. The Morgan fingerprint density at radius 3 is 2.59 bits per heavy atom. The van der Waals surface area contributed by atoms with Crippen molar-refractivity contribution >= 4 is 21.6 Å². The molecule has 0 spiro atoms. The van der Waals surface area contributed by atoms with Gasteiger partial charge in [-0.15, -0.1) is 11.3 Å². The van der Waals surface area contributed by atoms with Gasteiger partial charge in [0.05, 0.1) is 23.4 Å². The van der Waals surface area contributed by atoms with Gasteiger partial charge in [-0.3, -0.25) is 9.36 Å². The van der Waals surface area contributed by atoms with E-state index in [1.807, 2.05) is 31.2 Å². The predicted molar refractivity (Wildman–Crippen MR) is 148 cm³/mol. The Kier molecular flexibility index (Phi) is 8.00. The van der Waals surface area contributed by atoms with Crippen LogP contribution in [0.1, 0.15) is 69.2 Å². The summed E-state index contributed by atoms with van der Waals surface area (Å²) in [5, 5.41) is 19.9. The molecule has 200 valence electrons. The van der Waals surface area contributed by atoms with E-state index in [4.69, 9.17) is 4.74 Å². The fourth-order valence-corrected chi connectivity index (χ4v) is 6.86. The van der Waals surface area contributed by atoms with Crippen LogP contribution in [0, 0.1) is 0 Å². The minimum atomic E-state index is -0.410. The summed E-state index contributed by atoms with van der Waals surface area (Å²) in [6.07, 6.45) is 9.10. The number of aromatic nitrogens is 2. The first kappa shape index (κ1) is 26.4. The minimum Gasteiger partial charge on any atom is -0.490 e. The molecular formula is C29H39N3O4S. The normalized spacial score (nSPS) is 23.4. The number of hydrogen-bond donors (Lipinski definition) is 2. The van der Waals surface area contributed by atoms with Crippen molar-refractivity contribution in [2.75, 3.05) is 7.05 Å². The van der Waals surface area contributed by atoms with Crippen LogP contribution in [0.3, 0.4) is 0 Å². The van der Waals surface area contributed by atoms with Crippen LogP contribution in [-0.4, -0.2) is 62.1 Å². The standard InChI is InChI=1S/C29H39N3O4S/c1-4-23(34)10-11-25-16-26-28(37-25)29(35)32(17-30-26)22-9-12-27(19(13-22)6-5-18(2)33)36-24-14-20-7-8-21(15-24)31(20)3/h9,12-13,16-18,20-21,23-24,33-34H,4-8,10-11,14-15H2,1-3H3/t18?,20-,21+,23?,24+. The second-order valence-corrected chi connectivity index (χ2v) is 12.0. The van der Waals surface area contributed by atoms with Crippen molar-refractivity contribution in [1.29, 1.82) is 0 Å². The van der Waals surface area contributed by atoms with Gasteiger partial charge < -0.3 is 19.8 Å². The molecule has 2 aromatic heterocycles. The molecule has 5 atom stereocenters. The van der Waals surface area contributed by atoms with Crippen molar-refractivity contribution in [2.24, 2.45) is 0 Å². The van der Waals surface area contributed by atoms with Gasteiger partial charge >= 0.3 is 0 Å². The van der Waals surface area contributed by atoms with Gasteiger partial charge in [-0.25, -0.2) is 4.98 Å². The molecule has 0 amide bonds. The van der Waals surface area contributed by atoms with Gasteiger partial charge in [0.15, 0.2) is 0 Å². The fourth-order valence-electron chi connectivity index (χ4n) is 5.81. The van der Waals surface area contributed by atoms with Gasteiger partial charge in [0, 0.05) is 17.0 Å². The van der Waals surface area contributed by atoms with E-state index in [-0.39, 0.29) is 17.8 Å². The molecule has 3 aromatic rings. The summed E-state index contributed by atoms with van der Waals surface area (Å²) in [6.45, 7) is 3.77. The molecular weight excluding hydrogens is 486 g/mol. The zero-order valence-corrected chi connectivity index (χ0v) is 22.9. The van der Waals surface area contributed by atoms with Crippen LogP contribution < -0.4 is 10.3 Å². The summed E-state index contributed by atoms with van der Waals surface area (Å²) in [6, 6.07) is 9.10. The third kappa shape index (κ3) is 5.77. The summed E-state index contributed by atoms with van der Waals surface area (Å²) < 4.78 is 8.81. The van der Waals surface area contributed by atoms with Gasteiger partial charge in [-0.1, -0.05) is 6.92 Å². The molecule has 1 aromatic carbocycles. The smallest absolute Gasteiger partial charge is 0.275 e. The lowest BCUT2D eigenvalue weighted by molar-refractivity contribution is 0.0654. The maximum Gasteiger partial charge on any atom is 0.275 e. The first-order chi connectivity index (χ1) is 17.8. The van der Waals surface area contributed by atoms with Gasteiger partial charge in [-0.05, 0) is 102 Å². The van der Waals surface area contributed by atoms with E-state index in [1.54, 1.807) is 17.8 Å². The summed E-state index contributed by atoms with van der Waals surface area (Å²) in [5.41, 5.74) is 2.39. The van der Waals surface area contributed by atoms with Crippen molar-refractivity contribution in [1.82, 2.24) is 14.5 Å². The quantitative estimate of drug-likeness (QED) is 0.406. The lowest BCUT2D eigenvalue weighted by atomic mass is 10.00. The number of rotatable bonds is 10. The number of aliphatic hydroxyl groups excluding tert-OH is 2. The number of ether oxygens (including phenoxy) is 1. The van der Waals surface area contributed by atoms with Gasteiger partial charge in [0.1, 0.15) is 22.9 Å². The van der Waals surface area contributed by atoms with Gasteiger partial charge in [0.2, 0.25) is 0 Å². The molecule has 0 saturated carbocycles. The van der Waals surface area contributed by atoms with Gasteiger partial charge in [0.25, 0.3) is 5.56 Å². The molecule has 7 nitrogen and oxygen atoms in total. The van der Waals surface area contributed by atoms with E-state index in [0.29, 0.717) is 41.6 Å². The van der Waals surface area contributed by atoms with E-state index in [1.165, 1.54) is 24.2 Å². The zero-order chi connectivity index (χ0) is 26.1. The number of benzene rings is 1. The number of fused-ring (bicyclic) bond motifs is 3. The highest BCUT2D eigenvalue weighted by Crippen LogP contribution is 2.37. The molecule has 2 fully saturated rings. The molecule has 2 saturated heterocycles. The van der Waals surface area contributed by atoms with E-state index in [2.05, 4.69) is 16.9 Å².